The van der Waals surface area contributed by atoms with E-state index in [-0.39, 0.29) is 30.4 Å². The Kier molecular flexibility index (Phi) is 6.40. The normalized spacial score (nSPS) is 26.9. The highest BCUT2D eigenvalue weighted by Gasteiger charge is 2.42. The summed E-state index contributed by atoms with van der Waals surface area (Å²) in [6, 6.07) is 5.24. The van der Waals surface area contributed by atoms with Crippen LogP contribution >= 0.6 is 0 Å². The molecule has 1 unspecified atom stereocenters. The van der Waals surface area contributed by atoms with Crippen LogP contribution in [-0.2, 0) is 20.9 Å². The fraction of sp³-hybridized carbons (Fsp3) is 0.615. The molecule has 1 aromatic rings. The van der Waals surface area contributed by atoms with Crippen molar-refractivity contribution in [1.82, 2.24) is 20.0 Å². The number of amides is 4. The molecule has 10 nitrogen and oxygen atoms in total. The lowest BCUT2D eigenvalue weighted by Gasteiger charge is -2.46. The van der Waals surface area contributed by atoms with E-state index < -0.39 is 17.6 Å². The van der Waals surface area contributed by atoms with E-state index in [1.807, 2.05) is 32.9 Å². The fourth-order valence-electron chi connectivity index (χ4n) is 5.38. The predicted molar refractivity (Wildman–Crippen MR) is 129 cm³/mol. The number of piperazine rings is 1. The molecule has 3 fully saturated rings. The first-order chi connectivity index (χ1) is 17.1. The molecule has 2 saturated heterocycles. The topological polar surface area (TPSA) is 108 Å². The van der Waals surface area contributed by atoms with E-state index in [2.05, 4.69) is 10.2 Å². The summed E-state index contributed by atoms with van der Waals surface area (Å²) in [6.07, 6.45) is 2.16. The number of carbonyl (C=O) groups excluding carboxylic acids is 4. The second-order valence-electron chi connectivity index (χ2n) is 11.1. The van der Waals surface area contributed by atoms with Gasteiger partial charge < -0.3 is 19.3 Å². The second kappa shape index (κ2) is 9.38. The second-order valence-corrected chi connectivity index (χ2v) is 11.1. The van der Waals surface area contributed by atoms with Crippen LogP contribution in [0.4, 0.5) is 4.79 Å². The predicted octanol–water partition coefficient (Wildman–Crippen LogP) is 1.91. The number of imide groups is 1. The third-order valence-electron chi connectivity index (χ3n) is 7.39. The van der Waals surface area contributed by atoms with E-state index in [9.17, 15) is 19.2 Å². The molecule has 1 N–H and O–H groups in total. The van der Waals surface area contributed by atoms with Gasteiger partial charge in [0.15, 0.2) is 0 Å². The molecule has 0 bridgehead atoms. The van der Waals surface area contributed by atoms with Crippen LogP contribution < -0.4 is 10.1 Å². The van der Waals surface area contributed by atoms with Crippen molar-refractivity contribution in [1.29, 1.82) is 0 Å². The number of benzene rings is 1. The average molecular weight is 499 g/mol. The highest BCUT2D eigenvalue weighted by atomic mass is 16.6. The summed E-state index contributed by atoms with van der Waals surface area (Å²) in [4.78, 5) is 54.9. The minimum atomic E-state index is -0.636. The van der Waals surface area contributed by atoms with Gasteiger partial charge in [-0.25, -0.2) is 4.79 Å². The summed E-state index contributed by atoms with van der Waals surface area (Å²) >= 11 is 0. The van der Waals surface area contributed by atoms with Crippen molar-refractivity contribution in [3.8, 4) is 5.75 Å². The van der Waals surface area contributed by atoms with E-state index in [1.165, 1.54) is 0 Å². The van der Waals surface area contributed by atoms with Gasteiger partial charge in [-0.15, -0.1) is 0 Å². The van der Waals surface area contributed by atoms with E-state index in [0.717, 1.165) is 31.5 Å². The number of ether oxygens (including phenoxy) is 2. The summed E-state index contributed by atoms with van der Waals surface area (Å²) < 4.78 is 11.8. The van der Waals surface area contributed by atoms with Gasteiger partial charge in [0.1, 0.15) is 23.5 Å². The molecule has 1 aliphatic carbocycles. The molecule has 0 spiro atoms. The van der Waals surface area contributed by atoms with Gasteiger partial charge in [-0.1, -0.05) is 6.07 Å². The largest absolute Gasteiger partial charge is 0.490 e. The highest BCUT2D eigenvalue weighted by Crippen LogP contribution is 2.37. The zero-order chi connectivity index (χ0) is 25.6. The maximum atomic E-state index is 13.0. The Morgan fingerprint density at radius 3 is 2.44 bits per heavy atom. The Hall–Kier alpha value is -3.14. The van der Waals surface area contributed by atoms with Crippen LogP contribution in [0.2, 0.25) is 0 Å². The maximum absolute atomic E-state index is 13.0. The van der Waals surface area contributed by atoms with Crippen molar-refractivity contribution in [3.05, 3.63) is 29.3 Å². The third-order valence-corrected chi connectivity index (χ3v) is 7.39. The number of fused-ring (bicyclic) bond motifs is 1. The van der Waals surface area contributed by atoms with E-state index in [1.54, 1.807) is 15.9 Å². The molecule has 5 rings (SSSR count). The molecule has 3 heterocycles. The highest BCUT2D eigenvalue weighted by molar-refractivity contribution is 6.05. The minimum Gasteiger partial charge on any atom is -0.490 e. The number of hydrogen-bond donors (Lipinski definition) is 1. The Labute approximate surface area is 210 Å². The van der Waals surface area contributed by atoms with Crippen LogP contribution in [0.15, 0.2) is 18.2 Å². The first-order valence-electron chi connectivity index (χ1n) is 12.7. The van der Waals surface area contributed by atoms with Crippen LogP contribution in [0, 0.1) is 0 Å². The molecule has 4 aliphatic rings. The maximum Gasteiger partial charge on any atom is 0.410 e. The van der Waals surface area contributed by atoms with Crippen molar-refractivity contribution in [2.75, 3.05) is 26.2 Å². The Balaban J connectivity index is 1.14. The molecule has 1 atom stereocenters. The van der Waals surface area contributed by atoms with E-state index in [4.69, 9.17) is 9.47 Å². The lowest BCUT2D eigenvalue weighted by Crippen LogP contribution is -2.57. The molecule has 1 aromatic carbocycles. The van der Waals surface area contributed by atoms with Gasteiger partial charge in [-0.05, 0) is 39.3 Å². The SMILES string of the molecule is CC(C)(C)OC(=O)N1CCN(C2CC(Oc3cccc4c3CN(C3CCC(=O)NC3=O)C4=O)C2)CC1. The molecule has 1 saturated carbocycles. The third kappa shape index (κ3) is 4.91. The van der Waals surface area contributed by atoms with Gasteiger partial charge in [0.2, 0.25) is 11.8 Å². The van der Waals surface area contributed by atoms with Crippen molar-refractivity contribution in [3.63, 3.8) is 0 Å². The molecule has 4 amide bonds. The minimum absolute atomic E-state index is 0.0603. The van der Waals surface area contributed by atoms with E-state index in [0.29, 0.717) is 43.4 Å². The van der Waals surface area contributed by atoms with Gasteiger partial charge in [0, 0.05) is 62.6 Å². The monoisotopic (exact) mass is 498 g/mol. The number of carbonyl (C=O) groups is 4. The molecule has 194 valence electrons. The lowest BCUT2D eigenvalue weighted by atomic mass is 9.87. The number of hydrogen-bond acceptors (Lipinski definition) is 7. The first kappa shape index (κ1) is 24.5. The van der Waals surface area contributed by atoms with Gasteiger partial charge in [0.25, 0.3) is 5.91 Å². The quantitative estimate of drug-likeness (QED) is 0.632. The fourth-order valence-corrected chi connectivity index (χ4v) is 5.38. The smallest absolute Gasteiger partial charge is 0.410 e. The van der Waals surface area contributed by atoms with E-state index >= 15 is 0 Å². The molecular weight excluding hydrogens is 464 g/mol. The molecule has 0 aromatic heterocycles. The lowest BCUT2D eigenvalue weighted by molar-refractivity contribution is -0.136. The summed E-state index contributed by atoms with van der Waals surface area (Å²) in [5, 5.41) is 2.34. The van der Waals surface area contributed by atoms with Crippen molar-refractivity contribution < 1.29 is 28.7 Å². The Bertz CT molecular complexity index is 1070. The molecule has 10 heteroatoms. The van der Waals surface area contributed by atoms with Crippen LogP contribution in [0.25, 0.3) is 0 Å². The van der Waals surface area contributed by atoms with Crippen molar-refractivity contribution in [2.45, 2.75) is 76.8 Å². The summed E-state index contributed by atoms with van der Waals surface area (Å²) in [6.45, 7) is 8.86. The average Bonchev–Trinajstić information content (AvgIpc) is 3.12. The molecular formula is C26H34N4O6. The summed E-state index contributed by atoms with van der Waals surface area (Å²) in [5.41, 5.74) is 0.876. The Morgan fingerprint density at radius 2 is 1.78 bits per heavy atom. The molecule has 0 radical (unpaired) electrons. The number of rotatable bonds is 4. The summed E-state index contributed by atoms with van der Waals surface area (Å²) in [5.74, 6) is -0.216. The van der Waals surface area contributed by atoms with Crippen LogP contribution in [0.5, 0.6) is 5.75 Å². The molecule has 3 aliphatic heterocycles. The van der Waals surface area contributed by atoms with Gasteiger partial charge in [-0.2, -0.15) is 0 Å². The van der Waals surface area contributed by atoms with Crippen LogP contribution in [-0.4, -0.2) is 88.5 Å². The van der Waals surface area contributed by atoms with Gasteiger partial charge in [-0.3, -0.25) is 24.6 Å². The number of nitrogens with one attached hydrogen (secondary N) is 1. The van der Waals surface area contributed by atoms with Crippen molar-refractivity contribution in [2.24, 2.45) is 0 Å². The van der Waals surface area contributed by atoms with Gasteiger partial charge in [0.05, 0.1) is 6.54 Å². The summed E-state index contributed by atoms with van der Waals surface area (Å²) in [7, 11) is 0. The van der Waals surface area contributed by atoms with Crippen molar-refractivity contribution >= 4 is 23.8 Å². The van der Waals surface area contributed by atoms with Crippen LogP contribution in [0.1, 0.15) is 62.4 Å². The first-order valence-corrected chi connectivity index (χ1v) is 12.7. The standard InChI is InChI=1S/C26H34N4O6/c1-26(2,3)36-25(34)29-11-9-28(10-12-29)16-13-17(14-16)35-21-6-4-5-18-19(21)15-30(24(18)33)20-7-8-22(31)27-23(20)32/h4-6,16-17,20H,7-15H2,1-3H3,(H,27,31,32). The zero-order valence-electron chi connectivity index (χ0n) is 21.1. The Morgan fingerprint density at radius 1 is 1.06 bits per heavy atom. The van der Waals surface area contributed by atoms with Crippen LogP contribution in [0.3, 0.4) is 0 Å². The number of nitrogens with zero attached hydrogens (tertiary/aromatic N) is 3. The number of piperidine rings is 1. The zero-order valence-corrected chi connectivity index (χ0v) is 21.1. The van der Waals surface area contributed by atoms with Gasteiger partial charge >= 0.3 is 6.09 Å². The molecule has 36 heavy (non-hydrogen) atoms.